The molecular formula is C17H19FN2O. The van der Waals surface area contributed by atoms with E-state index in [1.54, 1.807) is 6.07 Å². The summed E-state index contributed by atoms with van der Waals surface area (Å²) in [7, 11) is 1.89. The number of nitrogens with two attached hydrogens (primary N) is 1. The van der Waals surface area contributed by atoms with Crippen molar-refractivity contribution in [3.63, 3.8) is 0 Å². The van der Waals surface area contributed by atoms with Crippen LogP contribution in [0.2, 0.25) is 0 Å². The number of hydrogen-bond donors (Lipinski definition) is 2. The van der Waals surface area contributed by atoms with Crippen LogP contribution in [0.15, 0.2) is 36.4 Å². The molecule has 1 aliphatic rings. The van der Waals surface area contributed by atoms with E-state index in [9.17, 15) is 4.39 Å². The van der Waals surface area contributed by atoms with Crippen LogP contribution < -0.4 is 15.8 Å². The molecule has 0 radical (unpaired) electrons. The van der Waals surface area contributed by atoms with Gasteiger partial charge in [-0.1, -0.05) is 24.3 Å². The molecule has 21 heavy (non-hydrogen) atoms. The third kappa shape index (κ3) is 2.64. The van der Waals surface area contributed by atoms with E-state index < -0.39 is 0 Å². The summed E-state index contributed by atoms with van der Waals surface area (Å²) in [5, 5.41) is 3.10. The van der Waals surface area contributed by atoms with Gasteiger partial charge in [0.2, 0.25) is 0 Å². The number of ether oxygens (including phenoxy) is 1. The van der Waals surface area contributed by atoms with E-state index in [-0.39, 0.29) is 11.9 Å². The van der Waals surface area contributed by atoms with E-state index >= 15 is 0 Å². The quantitative estimate of drug-likeness (QED) is 0.907. The zero-order chi connectivity index (χ0) is 14.8. The molecule has 0 aromatic heterocycles. The molecule has 3 rings (SSSR count). The van der Waals surface area contributed by atoms with Gasteiger partial charge in [-0.3, -0.25) is 0 Å². The molecule has 0 saturated heterocycles. The predicted molar refractivity (Wildman–Crippen MR) is 81.8 cm³/mol. The van der Waals surface area contributed by atoms with Crippen LogP contribution in [0.1, 0.15) is 11.1 Å². The molecule has 0 aliphatic carbocycles. The van der Waals surface area contributed by atoms with E-state index in [1.165, 1.54) is 6.07 Å². The lowest BCUT2D eigenvalue weighted by Gasteiger charge is -2.14. The average Bonchev–Trinajstić information content (AvgIpc) is 2.89. The Bertz CT molecular complexity index is 657. The zero-order valence-corrected chi connectivity index (χ0v) is 12.0. The van der Waals surface area contributed by atoms with Gasteiger partial charge in [0.05, 0.1) is 0 Å². The van der Waals surface area contributed by atoms with Crippen molar-refractivity contribution in [2.45, 2.75) is 19.1 Å². The van der Waals surface area contributed by atoms with Gasteiger partial charge in [0.1, 0.15) is 17.7 Å². The SMILES string of the molecule is CNCC1Cc2cc(F)cc(-c3ccccc3CN)c2O1. The number of benzene rings is 2. The van der Waals surface area contributed by atoms with Crippen LogP contribution in [-0.4, -0.2) is 19.7 Å². The van der Waals surface area contributed by atoms with E-state index in [1.807, 2.05) is 31.3 Å². The van der Waals surface area contributed by atoms with Gasteiger partial charge in [0, 0.05) is 30.6 Å². The molecule has 110 valence electrons. The summed E-state index contributed by atoms with van der Waals surface area (Å²) in [6.45, 7) is 1.16. The van der Waals surface area contributed by atoms with Crippen molar-refractivity contribution in [2.75, 3.05) is 13.6 Å². The zero-order valence-electron chi connectivity index (χ0n) is 12.0. The second-order valence-electron chi connectivity index (χ2n) is 5.30. The molecule has 1 aliphatic heterocycles. The summed E-state index contributed by atoms with van der Waals surface area (Å²) in [6, 6.07) is 10.9. The third-order valence-electron chi connectivity index (χ3n) is 3.82. The molecule has 0 amide bonds. The number of rotatable bonds is 4. The minimum atomic E-state index is -0.232. The summed E-state index contributed by atoms with van der Waals surface area (Å²) < 4.78 is 20.0. The Hall–Kier alpha value is -1.91. The number of fused-ring (bicyclic) bond motifs is 1. The van der Waals surface area contributed by atoms with Crippen molar-refractivity contribution in [3.05, 3.63) is 53.3 Å². The molecule has 0 fully saturated rings. The van der Waals surface area contributed by atoms with Gasteiger partial charge in [0.25, 0.3) is 0 Å². The fraction of sp³-hybridized carbons (Fsp3) is 0.294. The van der Waals surface area contributed by atoms with Gasteiger partial charge in [-0.25, -0.2) is 4.39 Å². The predicted octanol–water partition coefficient (Wildman–Crippen LogP) is 2.47. The molecule has 4 heteroatoms. The van der Waals surface area contributed by atoms with E-state index in [4.69, 9.17) is 10.5 Å². The third-order valence-corrected chi connectivity index (χ3v) is 3.82. The van der Waals surface area contributed by atoms with Crippen molar-refractivity contribution in [1.82, 2.24) is 5.32 Å². The molecule has 0 spiro atoms. The first-order chi connectivity index (χ1) is 10.2. The van der Waals surface area contributed by atoms with Gasteiger partial charge in [0.15, 0.2) is 0 Å². The Balaban J connectivity index is 2.09. The van der Waals surface area contributed by atoms with E-state index in [0.717, 1.165) is 41.0 Å². The molecular weight excluding hydrogens is 267 g/mol. The van der Waals surface area contributed by atoms with Crippen molar-refractivity contribution >= 4 is 0 Å². The standard InChI is InChI=1S/C17H19FN2O/c1-20-10-14-7-12-6-13(18)8-16(17(12)21-14)15-5-3-2-4-11(15)9-19/h2-6,8,14,20H,7,9-10,19H2,1H3. The molecule has 0 bridgehead atoms. The van der Waals surface area contributed by atoms with Gasteiger partial charge in [-0.15, -0.1) is 0 Å². The van der Waals surface area contributed by atoms with Crippen LogP contribution in [0.4, 0.5) is 4.39 Å². The number of hydrogen-bond acceptors (Lipinski definition) is 3. The minimum Gasteiger partial charge on any atom is -0.488 e. The highest BCUT2D eigenvalue weighted by atomic mass is 19.1. The maximum Gasteiger partial charge on any atom is 0.131 e. The molecule has 0 saturated carbocycles. The maximum absolute atomic E-state index is 14.0. The van der Waals surface area contributed by atoms with Crippen molar-refractivity contribution in [2.24, 2.45) is 5.73 Å². The highest BCUT2D eigenvalue weighted by molar-refractivity contribution is 5.75. The highest BCUT2D eigenvalue weighted by Crippen LogP contribution is 2.40. The maximum atomic E-state index is 14.0. The normalized spacial score (nSPS) is 16.6. The largest absolute Gasteiger partial charge is 0.488 e. The topological polar surface area (TPSA) is 47.3 Å². The van der Waals surface area contributed by atoms with Crippen LogP contribution in [0.3, 0.4) is 0 Å². The summed E-state index contributed by atoms with van der Waals surface area (Å²) in [5.74, 6) is 0.557. The second kappa shape index (κ2) is 5.84. The molecule has 1 atom stereocenters. The van der Waals surface area contributed by atoms with Crippen LogP contribution in [-0.2, 0) is 13.0 Å². The van der Waals surface area contributed by atoms with Crippen LogP contribution in [0.25, 0.3) is 11.1 Å². The molecule has 2 aromatic rings. The smallest absolute Gasteiger partial charge is 0.131 e. The van der Waals surface area contributed by atoms with Gasteiger partial charge in [-0.2, -0.15) is 0 Å². The molecule has 1 unspecified atom stereocenters. The molecule has 1 heterocycles. The Morgan fingerprint density at radius 2 is 2.10 bits per heavy atom. The van der Waals surface area contributed by atoms with Crippen LogP contribution in [0, 0.1) is 5.82 Å². The first-order valence-corrected chi connectivity index (χ1v) is 7.15. The Kier molecular flexibility index (Phi) is 3.90. The number of halogens is 1. The average molecular weight is 286 g/mol. The van der Waals surface area contributed by atoms with Crippen LogP contribution >= 0.6 is 0 Å². The highest BCUT2D eigenvalue weighted by Gasteiger charge is 2.27. The van der Waals surface area contributed by atoms with Crippen molar-refractivity contribution in [1.29, 1.82) is 0 Å². The Labute approximate surface area is 123 Å². The van der Waals surface area contributed by atoms with Crippen LogP contribution in [0.5, 0.6) is 5.75 Å². The number of likely N-dealkylation sites (N-methyl/N-ethyl adjacent to an activating group) is 1. The van der Waals surface area contributed by atoms with Gasteiger partial charge in [-0.05, 0) is 30.3 Å². The van der Waals surface area contributed by atoms with Crippen molar-refractivity contribution in [3.8, 4) is 16.9 Å². The summed E-state index contributed by atoms with van der Waals surface area (Å²) in [4.78, 5) is 0. The Morgan fingerprint density at radius 1 is 1.29 bits per heavy atom. The monoisotopic (exact) mass is 286 g/mol. The summed E-state index contributed by atoms with van der Waals surface area (Å²) in [5.41, 5.74) is 9.46. The molecule has 3 N–H and O–H groups in total. The lowest BCUT2D eigenvalue weighted by Crippen LogP contribution is -2.27. The summed E-state index contributed by atoms with van der Waals surface area (Å²) in [6.07, 6.45) is 0.779. The first kappa shape index (κ1) is 14.0. The van der Waals surface area contributed by atoms with E-state index in [0.29, 0.717) is 6.54 Å². The van der Waals surface area contributed by atoms with Crippen molar-refractivity contribution < 1.29 is 9.13 Å². The fourth-order valence-corrected chi connectivity index (χ4v) is 2.90. The van der Waals surface area contributed by atoms with Gasteiger partial charge >= 0.3 is 0 Å². The fourth-order valence-electron chi connectivity index (χ4n) is 2.90. The molecule has 2 aromatic carbocycles. The minimum absolute atomic E-state index is 0.0515. The Morgan fingerprint density at radius 3 is 2.86 bits per heavy atom. The van der Waals surface area contributed by atoms with E-state index in [2.05, 4.69) is 5.32 Å². The lowest BCUT2D eigenvalue weighted by molar-refractivity contribution is 0.232. The first-order valence-electron chi connectivity index (χ1n) is 7.15. The summed E-state index contributed by atoms with van der Waals surface area (Å²) >= 11 is 0. The second-order valence-corrected chi connectivity index (χ2v) is 5.30. The van der Waals surface area contributed by atoms with Gasteiger partial charge < -0.3 is 15.8 Å². The molecule has 3 nitrogen and oxygen atoms in total. The number of nitrogens with one attached hydrogen (secondary N) is 1. The lowest BCUT2D eigenvalue weighted by atomic mass is 9.96.